The van der Waals surface area contributed by atoms with Crippen LogP contribution in [0.3, 0.4) is 0 Å². The first-order valence-electron chi connectivity index (χ1n) is 7.61. The minimum Gasteiger partial charge on any atom is -0.348 e. The first-order chi connectivity index (χ1) is 11.7. The van der Waals surface area contributed by atoms with E-state index in [1.165, 1.54) is 12.4 Å². The Morgan fingerprint density at radius 1 is 1.21 bits per heavy atom. The smallest absolute Gasteiger partial charge is 0.253 e. The maximum Gasteiger partial charge on any atom is 0.253 e. The molecule has 24 heavy (non-hydrogen) atoms. The van der Waals surface area contributed by atoms with E-state index in [-0.39, 0.29) is 11.5 Å². The van der Waals surface area contributed by atoms with Crippen molar-refractivity contribution in [3.05, 3.63) is 76.2 Å². The van der Waals surface area contributed by atoms with Gasteiger partial charge >= 0.3 is 0 Å². The molecule has 0 fully saturated rings. The number of carbonyl (C=O) groups is 1. The number of nitrogens with one attached hydrogen (secondary N) is 2. The number of carbonyl (C=O) groups excluding carboxylic acids is 1. The Bertz CT molecular complexity index is 882. The fourth-order valence-corrected chi connectivity index (χ4v) is 2.39. The number of aromatic amines is 1. The van der Waals surface area contributed by atoms with Crippen molar-refractivity contribution >= 4 is 5.91 Å². The Labute approximate surface area is 138 Å². The van der Waals surface area contributed by atoms with Crippen molar-refractivity contribution in [1.82, 2.24) is 25.1 Å². The molecule has 0 bridgehead atoms. The number of amides is 1. The van der Waals surface area contributed by atoms with Gasteiger partial charge in [0.2, 0.25) is 5.56 Å². The van der Waals surface area contributed by atoms with Crippen LogP contribution in [0.2, 0.25) is 0 Å². The van der Waals surface area contributed by atoms with Crippen LogP contribution < -0.4 is 10.9 Å². The molecule has 7 heteroatoms. The molecule has 1 amide bonds. The number of rotatable bonds is 5. The molecule has 0 atom stereocenters. The van der Waals surface area contributed by atoms with E-state index in [1.807, 2.05) is 31.2 Å². The number of pyridine rings is 1. The summed E-state index contributed by atoms with van der Waals surface area (Å²) in [6, 6.07) is 10.6. The number of nitrogens with zero attached hydrogens (tertiary/aromatic N) is 3. The SMILES string of the molecule is CCc1[nH]c(=O)ccc1C(=O)NCc1ccc(-n2cncn2)cc1. The van der Waals surface area contributed by atoms with Crippen molar-refractivity contribution in [2.45, 2.75) is 19.9 Å². The third kappa shape index (κ3) is 3.40. The van der Waals surface area contributed by atoms with Gasteiger partial charge in [0.1, 0.15) is 12.7 Å². The normalized spacial score (nSPS) is 10.5. The van der Waals surface area contributed by atoms with Crippen LogP contribution in [0.4, 0.5) is 0 Å². The lowest BCUT2D eigenvalue weighted by Gasteiger charge is -2.09. The van der Waals surface area contributed by atoms with Crippen molar-refractivity contribution < 1.29 is 4.79 Å². The lowest BCUT2D eigenvalue weighted by Crippen LogP contribution is -2.25. The number of hydrogen-bond donors (Lipinski definition) is 2. The molecular formula is C17H17N5O2. The highest BCUT2D eigenvalue weighted by Gasteiger charge is 2.10. The summed E-state index contributed by atoms with van der Waals surface area (Å²) in [5.41, 5.74) is 2.80. The summed E-state index contributed by atoms with van der Waals surface area (Å²) in [6.07, 6.45) is 3.69. The maximum atomic E-state index is 12.3. The number of aryl methyl sites for hydroxylation is 1. The highest BCUT2D eigenvalue weighted by Crippen LogP contribution is 2.09. The van der Waals surface area contributed by atoms with Gasteiger partial charge in [0, 0.05) is 18.3 Å². The molecule has 0 aliphatic rings. The van der Waals surface area contributed by atoms with E-state index < -0.39 is 0 Å². The average molecular weight is 323 g/mol. The van der Waals surface area contributed by atoms with Crippen LogP contribution in [-0.4, -0.2) is 25.7 Å². The number of aromatic nitrogens is 4. The van der Waals surface area contributed by atoms with E-state index in [0.717, 1.165) is 11.3 Å². The lowest BCUT2D eigenvalue weighted by molar-refractivity contribution is 0.0949. The number of hydrogen-bond acceptors (Lipinski definition) is 4. The molecule has 0 radical (unpaired) electrons. The number of H-pyrrole nitrogens is 1. The van der Waals surface area contributed by atoms with Crippen LogP contribution in [0, 0.1) is 0 Å². The molecule has 2 aromatic heterocycles. The summed E-state index contributed by atoms with van der Waals surface area (Å²) in [5.74, 6) is -0.205. The van der Waals surface area contributed by atoms with Crippen LogP contribution in [-0.2, 0) is 13.0 Å². The van der Waals surface area contributed by atoms with Crippen molar-refractivity contribution in [3.8, 4) is 5.69 Å². The highest BCUT2D eigenvalue weighted by atomic mass is 16.1. The van der Waals surface area contributed by atoms with Gasteiger partial charge in [0.15, 0.2) is 0 Å². The highest BCUT2D eigenvalue weighted by molar-refractivity contribution is 5.95. The van der Waals surface area contributed by atoms with E-state index in [4.69, 9.17) is 0 Å². The molecule has 3 rings (SSSR count). The maximum absolute atomic E-state index is 12.3. The summed E-state index contributed by atoms with van der Waals surface area (Å²) < 4.78 is 1.66. The molecule has 0 saturated heterocycles. The molecule has 2 heterocycles. The molecule has 0 unspecified atom stereocenters. The second kappa shape index (κ2) is 6.91. The molecular weight excluding hydrogens is 306 g/mol. The summed E-state index contributed by atoms with van der Waals surface area (Å²) in [7, 11) is 0. The molecule has 3 aromatic rings. The van der Waals surface area contributed by atoms with E-state index in [0.29, 0.717) is 24.2 Å². The quantitative estimate of drug-likeness (QED) is 0.743. The lowest BCUT2D eigenvalue weighted by atomic mass is 10.1. The molecule has 0 saturated carbocycles. The van der Waals surface area contributed by atoms with Crippen LogP contribution in [0.25, 0.3) is 5.69 Å². The Morgan fingerprint density at radius 3 is 2.67 bits per heavy atom. The second-order valence-corrected chi connectivity index (χ2v) is 5.26. The minimum atomic E-state index is -0.205. The van der Waals surface area contributed by atoms with Gasteiger partial charge in [0.25, 0.3) is 5.91 Å². The van der Waals surface area contributed by atoms with Gasteiger partial charge < -0.3 is 10.3 Å². The summed E-state index contributed by atoms with van der Waals surface area (Å²) >= 11 is 0. The largest absolute Gasteiger partial charge is 0.348 e. The third-order valence-corrected chi connectivity index (χ3v) is 3.67. The zero-order valence-corrected chi connectivity index (χ0v) is 13.2. The first kappa shape index (κ1) is 15.7. The van der Waals surface area contributed by atoms with E-state index in [2.05, 4.69) is 20.4 Å². The van der Waals surface area contributed by atoms with E-state index in [1.54, 1.807) is 17.1 Å². The predicted molar refractivity (Wildman–Crippen MR) is 89.0 cm³/mol. The third-order valence-electron chi connectivity index (χ3n) is 3.67. The van der Waals surface area contributed by atoms with Crippen LogP contribution in [0.5, 0.6) is 0 Å². The minimum absolute atomic E-state index is 0.202. The molecule has 122 valence electrons. The average Bonchev–Trinajstić information content (AvgIpc) is 3.14. The summed E-state index contributed by atoms with van der Waals surface area (Å²) in [6.45, 7) is 2.30. The van der Waals surface area contributed by atoms with Gasteiger partial charge in [-0.3, -0.25) is 9.59 Å². The van der Waals surface area contributed by atoms with E-state index in [9.17, 15) is 9.59 Å². The monoisotopic (exact) mass is 323 g/mol. The molecule has 0 aliphatic heterocycles. The standard InChI is InChI=1S/C17H17N5O2/c1-2-15-14(7-8-16(23)21-15)17(24)19-9-12-3-5-13(6-4-12)22-11-18-10-20-22/h3-8,10-11H,2,9H2,1H3,(H,19,24)(H,21,23). The van der Waals surface area contributed by atoms with Crippen molar-refractivity contribution in [1.29, 1.82) is 0 Å². The fraction of sp³-hybridized carbons (Fsp3) is 0.176. The Kier molecular flexibility index (Phi) is 4.51. The topological polar surface area (TPSA) is 92.7 Å². The van der Waals surface area contributed by atoms with E-state index >= 15 is 0 Å². The second-order valence-electron chi connectivity index (χ2n) is 5.26. The van der Waals surface area contributed by atoms with Gasteiger partial charge in [0.05, 0.1) is 11.3 Å². The zero-order chi connectivity index (χ0) is 16.9. The van der Waals surface area contributed by atoms with Gasteiger partial charge in [-0.2, -0.15) is 5.10 Å². The Hall–Kier alpha value is -3.22. The summed E-state index contributed by atoms with van der Waals surface area (Å²) in [4.78, 5) is 30.2. The van der Waals surface area contributed by atoms with Crippen LogP contribution in [0.15, 0.2) is 53.8 Å². The van der Waals surface area contributed by atoms with Crippen LogP contribution >= 0.6 is 0 Å². The summed E-state index contributed by atoms with van der Waals surface area (Å²) in [5, 5.41) is 6.93. The van der Waals surface area contributed by atoms with Gasteiger partial charge in [-0.05, 0) is 30.2 Å². The zero-order valence-electron chi connectivity index (χ0n) is 13.2. The van der Waals surface area contributed by atoms with Gasteiger partial charge in [-0.25, -0.2) is 9.67 Å². The van der Waals surface area contributed by atoms with Gasteiger partial charge in [-0.1, -0.05) is 19.1 Å². The predicted octanol–water partition coefficient (Wildman–Crippen LogP) is 1.45. The molecule has 1 aromatic carbocycles. The molecule has 2 N–H and O–H groups in total. The fourth-order valence-electron chi connectivity index (χ4n) is 2.39. The molecule has 7 nitrogen and oxygen atoms in total. The van der Waals surface area contributed by atoms with Gasteiger partial charge in [-0.15, -0.1) is 0 Å². The van der Waals surface area contributed by atoms with Crippen molar-refractivity contribution in [3.63, 3.8) is 0 Å². The first-order valence-corrected chi connectivity index (χ1v) is 7.61. The van der Waals surface area contributed by atoms with Crippen molar-refractivity contribution in [2.75, 3.05) is 0 Å². The van der Waals surface area contributed by atoms with Crippen molar-refractivity contribution in [2.24, 2.45) is 0 Å². The molecule has 0 aliphatic carbocycles. The Balaban J connectivity index is 1.67. The Morgan fingerprint density at radius 2 is 2.00 bits per heavy atom. The van der Waals surface area contributed by atoms with Crippen LogP contribution in [0.1, 0.15) is 28.5 Å². The number of benzene rings is 1. The molecule has 0 spiro atoms.